The number of benzene rings is 2. The number of aromatic amines is 1. The summed E-state index contributed by atoms with van der Waals surface area (Å²) < 4.78 is 4.96. The van der Waals surface area contributed by atoms with Gasteiger partial charge in [0, 0.05) is 16.6 Å². The van der Waals surface area contributed by atoms with Gasteiger partial charge in [-0.2, -0.15) is 0 Å². The summed E-state index contributed by atoms with van der Waals surface area (Å²) in [5.41, 5.74) is 4.88. The highest BCUT2D eigenvalue weighted by molar-refractivity contribution is 8.00. The van der Waals surface area contributed by atoms with E-state index in [4.69, 9.17) is 4.74 Å². The van der Waals surface area contributed by atoms with Crippen molar-refractivity contribution in [2.75, 3.05) is 17.7 Å². The van der Waals surface area contributed by atoms with Crippen molar-refractivity contribution in [3.05, 3.63) is 59.9 Å². The molecule has 1 amide bonds. The normalized spacial score (nSPS) is 11.0. The molecule has 0 aliphatic carbocycles. The van der Waals surface area contributed by atoms with E-state index in [9.17, 15) is 9.59 Å². The molecule has 2 aromatic heterocycles. The van der Waals surface area contributed by atoms with Gasteiger partial charge in [0.15, 0.2) is 0 Å². The molecule has 0 aliphatic rings. The van der Waals surface area contributed by atoms with Gasteiger partial charge in [-0.15, -0.1) is 0 Å². The van der Waals surface area contributed by atoms with E-state index in [0.29, 0.717) is 17.9 Å². The summed E-state index contributed by atoms with van der Waals surface area (Å²) in [5, 5.41) is 4.59. The number of anilines is 1. The van der Waals surface area contributed by atoms with Crippen molar-refractivity contribution in [2.45, 2.75) is 18.9 Å². The summed E-state index contributed by atoms with van der Waals surface area (Å²) in [4.78, 5) is 36.2. The molecule has 7 nitrogen and oxygen atoms in total. The largest absolute Gasteiger partial charge is 0.462 e. The zero-order valence-corrected chi connectivity index (χ0v) is 17.4. The fourth-order valence-electron chi connectivity index (χ4n) is 3.13. The average Bonchev–Trinajstić information content (AvgIpc) is 3.11. The Hall–Kier alpha value is -3.39. The minimum atomic E-state index is -0.382. The molecular formula is C22H20N4O3S. The Morgan fingerprint density at radius 1 is 1.13 bits per heavy atom. The Morgan fingerprint density at radius 2 is 1.93 bits per heavy atom. The van der Waals surface area contributed by atoms with E-state index in [0.717, 1.165) is 32.5 Å². The van der Waals surface area contributed by atoms with Crippen LogP contribution in [0, 0.1) is 6.92 Å². The third-order valence-corrected chi connectivity index (χ3v) is 5.51. The Balaban J connectivity index is 1.44. The van der Waals surface area contributed by atoms with Crippen molar-refractivity contribution in [1.82, 2.24) is 15.0 Å². The highest BCUT2D eigenvalue weighted by Crippen LogP contribution is 2.30. The number of carbonyl (C=O) groups excluding carboxylic acids is 2. The van der Waals surface area contributed by atoms with Gasteiger partial charge in [0.25, 0.3) is 0 Å². The van der Waals surface area contributed by atoms with Crippen molar-refractivity contribution in [1.29, 1.82) is 0 Å². The minimum absolute atomic E-state index is 0.164. The maximum atomic E-state index is 12.4. The lowest BCUT2D eigenvalue weighted by molar-refractivity contribution is -0.113. The van der Waals surface area contributed by atoms with Crippen LogP contribution in [0.4, 0.5) is 5.69 Å². The van der Waals surface area contributed by atoms with E-state index < -0.39 is 0 Å². The topological polar surface area (TPSA) is 97.0 Å². The number of nitrogens with zero attached hydrogens (tertiary/aromatic N) is 2. The summed E-state index contributed by atoms with van der Waals surface area (Å²) >= 11 is 1.34. The highest BCUT2D eigenvalue weighted by atomic mass is 32.2. The molecule has 0 saturated heterocycles. The first-order valence-corrected chi connectivity index (χ1v) is 10.5. The number of fused-ring (bicyclic) bond motifs is 3. The van der Waals surface area contributed by atoms with Gasteiger partial charge in [-0.3, -0.25) is 4.79 Å². The standard InChI is InChI=1S/C22H20N4O3S/c1-3-29-22(28)14-5-7-15(8-6-14)25-18(27)11-30-21-20-19(23-12-24-21)16-10-13(2)4-9-17(16)26-20/h4-10,12,26H,3,11H2,1-2H3,(H,25,27). The first-order chi connectivity index (χ1) is 14.5. The van der Waals surface area contributed by atoms with Gasteiger partial charge in [0.05, 0.1) is 23.4 Å². The first-order valence-electron chi connectivity index (χ1n) is 9.48. The van der Waals surface area contributed by atoms with Gasteiger partial charge in [-0.05, 0) is 50.2 Å². The molecular weight excluding hydrogens is 400 g/mol. The lowest BCUT2D eigenvalue weighted by atomic mass is 10.2. The lowest BCUT2D eigenvalue weighted by Crippen LogP contribution is -2.14. The molecule has 2 heterocycles. The third-order valence-electron chi connectivity index (χ3n) is 4.52. The van der Waals surface area contributed by atoms with E-state index >= 15 is 0 Å². The highest BCUT2D eigenvalue weighted by Gasteiger charge is 2.13. The van der Waals surface area contributed by atoms with Gasteiger partial charge >= 0.3 is 5.97 Å². The van der Waals surface area contributed by atoms with Crippen molar-refractivity contribution >= 4 is 51.3 Å². The van der Waals surface area contributed by atoms with Gasteiger partial charge in [-0.1, -0.05) is 23.4 Å². The zero-order chi connectivity index (χ0) is 21.1. The quantitative estimate of drug-likeness (QED) is 0.274. The number of H-pyrrole nitrogens is 1. The summed E-state index contributed by atoms with van der Waals surface area (Å²) in [6, 6.07) is 12.8. The summed E-state index contributed by atoms with van der Waals surface area (Å²) in [5.74, 6) is -0.352. The second-order valence-corrected chi connectivity index (χ2v) is 7.68. The van der Waals surface area contributed by atoms with Gasteiger partial charge in [-0.25, -0.2) is 14.8 Å². The van der Waals surface area contributed by atoms with Crippen LogP contribution in [0.3, 0.4) is 0 Å². The number of aromatic nitrogens is 3. The van der Waals surface area contributed by atoms with E-state index in [1.807, 2.05) is 19.1 Å². The predicted octanol–water partition coefficient (Wildman–Crippen LogP) is 4.33. The predicted molar refractivity (Wildman–Crippen MR) is 118 cm³/mol. The molecule has 152 valence electrons. The molecule has 0 unspecified atom stereocenters. The number of carbonyl (C=O) groups is 2. The molecule has 0 spiro atoms. The summed E-state index contributed by atoms with van der Waals surface area (Å²) in [6.07, 6.45) is 1.52. The summed E-state index contributed by atoms with van der Waals surface area (Å²) in [6.45, 7) is 4.12. The van der Waals surface area contributed by atoms with Crippen LogP contribution in [-0.2, 0) is 9.53 Å². The van der Waals surface area contributed by atoms with Crippen molar-refractivity contribution in [2.24, 2.45) is 0 Å². The smallest absolute Gasteiger partial charge is 0.338 e. The number of aryl methyl sites for hydroxylation is 1. The number of hydrogen-bond acceptors (Lipinski definition) is 6. The van der Waals surface area contributed by atoms with Crippen LogP contribution in [0.2, 0.25) is 0 Å². The number of rotatable bonds is 6. The summed E-state index contributed by atoms with van der Waals surface area (Å²) in [7, 11) is 0. The molecule has 30 heavy (non-hydrogen) atoms. The number of ether oxygens (including phenoxy) is 1. The fourth-order valence-corrected chi connectivity index (χ4v) is 3.88. The van der Waals surface area contributed by atoms with Gasteiger partial charge < -0.3 is 15.0 Å². The molecule has 4 rings (SSSR count). The van der Waals surface area contributed by atoms with Crippen LogP contribution >= 0.6 is 11.8 Å². The molecule has 0 fully saturated rings. The molecule has 0 bridgehead atoms. The minimum Gasteiger partial charge on any atom is -0.462 e. The van der Waals surface area contributed by atoms with Crippen molar-refractivity contribution in [3.63, 3.8) is 0 Å². The first kappa shape index (κ1) is 19.9. The third kappa shape index (κ3) is 4.13. The van der Waals surface area contributed by atoms with Gasteiger partial charge in [0.2, 0.25) is 5.91 Å². The van der Waals surface area contributed by atoms with Crippen LogP contribution in [-0.4, -0.2) is 39.2 Å². The molecule has 0 atom stereocenters. The number of nitrogens with one attached hydrogen (secondary N) is 2. The Labute approximate surface area is 177 Å². The lowest BCUT2D eigenvalue weighted by Gasteiger charge is -2.06. The number of amides is 1. The molecule has 2 N–H and O–H groups in total. The molecule has 0 radical (unpaired) electrons. The molecule has 8 heteroatoms. The number of thioether (sulfide) groups is 1. The average molecular weight is 420 g/mol. The SMILES string of the molecule is CCOC(=O)c1ccc(NC(=O)CSc2ncnc3c2[nH]c2ccc(C)cc23)cc1. The molecule has 2 aromatic carbocycles. The molecule has 4 aromatic rings. The van der Waals surface area contributed by atoms with E-state index in [2.05, 4.69) is 26.3 Å². The van der Waals surface area contributed by atoms with E-state index in [1.54, 1.807) is 31.2 Å². The van der Waals surface area contributed by atoms with Crippen LogP contribution in [0.5, 0.6) is 0 Å². The van der Waals surface area contributed by atoms with Crippen LogP contribution < -0.4 is 5.32 Å². The molecule has 0 saturated carbocycles. The maximum Gasteiger partial charge on any atom is 0.338 e. The second-order valence-electron chi connectivity index (χ2n) is 6.71. The van der Waals surface area contributed by atoms with Crippen LogP contribution in [0.1, 0.15) is 22.8 Å². The number of esters is 1. The van der Waals surface area contributed by atoms with Crippen LogP contribution in [0.25, 0.3) is 21.9 Å². The van der Waals surface area contributed by atoms with Crippen molar-refractivity contribution < 1.29 is 14.3 Å². The van der Waals surface area contributed by atoms with Crippen LogP contribution in [0.15, 0.2) is 53.8 Å². The maximum absolute atomic E-state index is 12.4. The Bertz CT molecular complexity index is 1230. The van der Waals surface area contributed by atoms with E-state index in [-0.39, 0.29) is 17.6 Å². The zero-order valence-electron chi connectivity index (χ0n) is 16.6. The number of hydrogen-bond donors (Lipinski definition) is 2. The van der Waals surface area contributed by atoms with Crippen molar-refractivity contribution in [3.8, 4) is 0 Å². The van der Waals surface area contributed by atoms with Gasteiger partial charge in [0.1, 0.15) is 16.9 Å². The molecule has 0 aliphatic heterocycles. The Kier molecular flexibility index (Phi) is 5.67. The second kappa shape index (κ2) is 8.54. The fraction of sp³-hybridized carbons (Fsp3) is 0.182. The Morgan fingerprint density at radius 3 is 2.70 bits per heavy atom. The van der Waals surface area contributed by atoms with E-state index in [1.165, 1.54) is 18.1 Å². The monoisotopic (exact) mass is 420 g/mol.